The number of allylic oxidation sites excluding steroid dienone is 8. The minimum absolute atomic E-state index is 0. The normalized spacial score (nSPS) is 17.1. The maximum atomic E-state index is 6.75. The van der Waals surface area contributed by atoms with Crippen molar-refractivity contribution >= 4 is 53.1 Å². The van der Waals surface area contributed by atoms with E-state index in [1.807, 2.05) is 0 Å². The third kappa shape index (κ3) is 12.3. The van der Waals surface area contributed by atoms with Gasteiger partial charge in [0.15, 0.2) is 14.8 Å². The van der Waals surface area contributed by atoms with E-state index in [1.165, 1.54) is 36.1 Å². The van der Waals surface area contributed by atoms with E-state index in [2.05, 4.69) is 103 Å². The van der Waals surface area contributed by atoms with Crippen LogP contribution in [0.3, 0.4) is 0 Å². The average Bonchev–Trinajstić information content (AvgIpc) is 3.36. The third-order valence-electron chi connectivity index (χ3n) is 7.33. The summed E-state index contributed by atoms with van der Waals surface area (Å²) in [6, 6.07) is 0. The zero-order valence-corrected chi connectivity index (χ0v) is 33.2. The molecule has 0 heterocycles. The predicted molar refractivity (Wildman–Crippen MR) is 160 cm³/mol. The summed E-state index contributed by atoms with van der Waals surface area (Å²) >= 11 is 13.5. The molecule has 0 aromatic heterocycles. The summed E-state index contributed by atoms with van der Waals surface area (Å²) in [4.78, 5) is 0. The smallest absolute Gasteiger partial charge is 1.00 e. The van der Waals surface area contributed by atoms with E-state index in [0.717, 1.165) is 23.2 Å². The van der Waals surface area contributed by atoms with Crippen LogP contribution in [0, 0.1) is 12.2 Å². The first-order valence-electron chi connectivity index (χ1n) is 12.5. The summed E-state index contributed by atoms with van der Waals surface area (Å²) < 4.78 is 0. The topological polar surface area (TPSA) is 0 Å². The van der Waals surface area contributed by atoms with E-state index in [4.69, 9.17) is 22.2 Å². The Bertz CT molecular complexity index is 671. The van der Waals surface area contributed by atoms with Gasteiger partial charge in [0.25, 0.3) is 0 Å². The van der Waals surface area contributed by atoms with Crippen molar-refractivity contribution < 1.29 is 51.0 Å². The monoisotopic (exact) mass is 702 g/mol. The van der Waals surface area contributed by atoms with Gasteiger partial charge in [0.1, 0.15) is 0 Å². The predicted octanol–water partition coefficient (Wildman–Crippen LogP) is 4.16. The molecule has 35 heavy (non-hydrogen) atoms. The van der Waals surface area contributed by atoms with Gasteiger partial charge >= 0.3 is 26.2 Å². The van der Waals surface area contributed by atoms with Gasteiger partial charge in [-0.3, -0.25) is 12.2 Å². The van der Waals surface area contributed by atoms with Crippen LogP contribution in [0.25, 0.3) is 0 Å². The van der Waals surface area contributed by atoms with Crippen LogP contribution in [0.4, 0.5) is 0 Å². The zero-order chi connectivity index (χ0) is 24.8. The summed E-state index contributed by atoms with van der Waals surface area (Å²) in [5.41, 5.74) is 0. The van der Waals surface area contributed by atoms with E-state index >= 15 is 0 Å². The summed E-state index contributed by atoms with van der Waals surface area (Å²) in [6.07, 6.45) is 23.2. The largest absolute Gasteiger partial charge is 4.00 e. The van der Waals surface area contributed by atoms with E-state index in [9.17, 15) is 0 Å². The van der Waals surface area contributed by atoms with E-state index in [1.54, 1.807) is 0 Å². The Kier molecular flexibility index (Phi) is 20.7. The van der Waals surface area contributed by atoms with E-state index in [-0.39, 0.29) is 51.0 Å². The van der Waals surface area contributed by atoms with Crippen molar-refractivity contribution in [3.05, 3.63) is 46.8 Å². The van der Waals surface area contributed by atoms with Crippen molar-refractivity contribution in [2.45, 2.75) is 115 Å². The second-order valence-corrected chi connectivity index (χ2v) is 35.7. The molecular formula is C26H48Cl4Si4Zr. The molecule has 0 fully saturated rings. The third-order valence-corrected chi connectivity index (χ3v) is 30.1. The zero-order valence-electron chi connectivity index (χ0n) is 23.7. The second-order valence-electron chi connectivity index (χ2n) is 11.6. The molecule has 0 aliphatic heterocycles. The molecule has 2 aliphatic carbocycles. The second kappa shape index (κ2) is 17.5. The van der Waals surface area contributed by atoms with Crippen LogP contribution in [0.1, 0.15) is 52.4 Å². The molecule has 2 aliphatic rings. The molecule has 0 saturated carbocycles. The Hall–Kier alpha value is 1.87. The van der Waals surface area contributed by atoms with Gasteiger partial charge in [-0.25, -0.2) is 22.5 Å². The number of halogens is 4. The summed E-state index contributed by atoms with van der Waals surface area (Å²) in [5.74, 6) is 0. The number of rotatable bonds is 10. The minimum atomic E-state index is -1.57. The van der Waals surface area contributed by atoms with Crippen LogP contribution >= 0.6 is 22.2 Å². The number of hydrogen-bond donors (Lipinski definition) is 0. The fourth-order valence-corrected chi connectivity index (χ4v) is 32.9. The van der Waals surface area contributed by atoms with Gasteiger partial charge in [0.2, 0.25) is 0 Å². The summed E-state index contributed by atoms with van der Waals surface area (Å²) in [6.45, 7) is 23.7. The Balaban J connectivity index is -0.000000539. The molecule has 0 N–H and O–H groups in total. The number of hydrogen-bond acceptors (Lipinski definition) is 0. The fraction of sp³-hybridized carbons (Fsp3) is 0.692. The SMILES string of the molecule is CCCC([Si](C)(C)Cl)[Si](C)(C)C1=[C-]CC=C1.CCCC([Si](C)(C)Cl)[Si](C)(C)C1=[C-]CC=C1.[Cl-].[Cl-].[Zr+4]. The molecule has 0 radical (unpaired) electrons. The standard InChI is InChI=1S/2C13H24ClSi2.2ClH.Zr/c2*1-6-9-13(16(4,5)14)15(2,3)12-10-7-8-11-12;;;/h2*7,10,13H,6,8-9H2,1-5H3;2*1H;/q2*-1;;;+4/p-2. The molecular weight excluding hydrogens is 658 g/mol. The van der Waals surface area contributed by atoms with Crippen LogP contribution in [-0.4, -0.2) is 30.9 Å². The first-order valence-corrected chi connectivity index (χ1v) is 26.9. The fourth-order valence-electron chi connectivity index (χ4n) is 5.77. The molecule has 0 aromatic rings. The van der Waals surface area contributed by atoms with Crippen molar-refractivity contribution in [1.29, 1.82) is 0 Å². The Morgan fingerprint density at radius 3 is 1.14 bits per heavy atom. The van der Waals surface area contributed by atoms with Gasteiger partial charge in [-0.2, -0.15) is 34.3 Å². The maximum Gasteiger partial charge on any atom is 4.00 e. The van der Waals surface area contributed by atoms with Crippen molar-refractivity contribution in [2.75, 3.05) is 0 Å². The molecule has 0 nitrogen and oxygen atoms in total. The molecule has 0 bridgehead atoms. The first kappa shape index (κ1) is 41.4. The van der Waals surface area contributed by atoms with Crippen molar-refractivity contribution in [2.24, 2.45) is 0 Å². The molecule has 2 atom stereocenters. The van der Waals surface area contributed by atoms with Crippen LogP contribution in [0.5, 0.6) is 0 Å². The van der Waals surface area contributed by atoms with Crippen LogP contribution in [-0.2, 0) is 26.2 Å². The van der Waals surface area contributed by atoms with Gasteiger partial charge in [-0.1, -0.05) is 91.9 Å². The van der Waals surface area contributed by atoms with Gasteiger partial charge in [-0.05, 0) is 10.3 Å². The first-order chi connectivity index (χ1) is 14.6. The quantitative estimate of drug-likeness (QED) is 0.182. The van der Waals surface area contributed by atoms with Crippen LogP contribution < -0.4 is 24.8 Å². The van der Waals surface area contributed by atoms with Crippen molar-refractivity contribution in [3.63, 3.8) is 0 Å². The Morgan fingerprint density at radius 1 is 0.686 bits per heavy atom. The maximum absolute atomic E-state index is 6.75. The van der Waals surface area contributed by atoms with Crippen molar-refractivity contribution in [1.82, 2.24) is 0 Å². The molecule has 0 saturated heterocycles. The van der Waals surface area contributed by atoms with Crippen molar-refractivity contribution in [3.8, 4) is 0 Å². The molecule has 0 aromatic carbocycles. The Morgan fingerprint density at radius 2 is 0.971 bits per heavy atom. The minimum Gasteiger partial charge on any atom is -1.00 e. The van der Waals surface area contributed by atoms with Gasteiger partial charge < -0.3 is 24.8 Å². The van der Waals surface area contributed by atoms with Gasteiger partial charge in [-0.15, -0.1) is 12.8 Å². The van der Waals surface area contributed by atoms with Gasteiger partial charge in [0.05, 0.1) is 0 Å². The molecule has 9 heteroatoms. The summed E-state index contributed by atoms with van der Waals surface area (Å²) in [7, 11) is -5.96. The van der Waals surface area contributed by atoms with Crippen LogP contribution in [0.2, 0.25) is 62.7 Å². The average molecular weight is 706 g/mol. The molecule has 2 rings (SSSR count). The van der Waals surface area contributed by atoms with E-state index in [0.29, 0.717) is 0 Å². The van der Waals surface area contributed by atoms with Crippen LogP contribution in [0.15, 0.2) is 34.7 Å². The molecule has 2 unspecified atom stereocenters. The molecule has 0 amide bonds. The molecule has 0 spiro atoms. The molecule has 200 valence electrons. The summed E-state index contributed by atoms with van der Waals surface area (Å²) in [5, 5.41) is 4.54. The Labute approximate surface area is 263 Å². The van der Waals surface area contributed by atoms with E-state index < -0.39 is 30.9 Å². The van der Waals surface area contributed by atoms with Gasteiger partial charge in [0, 0.05) is 16.1 Å².